The van der Waals surface area contributed by atoms with E-state index in [1.165, 1.54) is 22.7 Å². The third-order valence-corrected chi connectivity index (χ3v) is 5.97. The second-order valence-corrected chi connectivity index (χ2v) is 7.67. The van der Waals surface area contributed by atoms with Gasteiger partial charge in [0.15, 0.2) is 11.2 Å². The topological polar surface area (TPSA) is 77.1 Å². The van der Waals surface area contributed by atoms with Crippen molar-refractivity contribution >= 4 is 11.2 Å². The Morgan fingerprint density at radius 3 is 2.59 bits per heavy atom. The molecule has 4 rings (SSSR count). The molecule has 1 N–H and O–H groups in total. The number of aromatic nitrogens is 4. The lowest BCUT2D eigenvalue weighted by atomic mass is 10.0. The summed E-state index contributed by atoms with van der Waals surface area (Å²) in [5, 5.41) is 3.49. The van der Waals surface area contributed by atoms with E-state index in [1.54, 1.807) is 13.4 Å². The van der Waals surface area contributed by atoms with Gasteiger partial charge in [-0.3, -0.25) is 18.8 Å². The van der Waals surface area contributed by atoms with Gasteiger partial charge in [0, 0.05) is 52.9 Å². The minimum absolute atomic E-state index is 0.299. The lowest BCUT2D eigenvalue weighted by molar-refractivity contribution is 0.156. The van der Waals surface area contributed by atoms with Crippen molar-refractivity contribution in [3.05, 3.63) is 62.6 Å². The van der Waals surface area contributed by atoms with Crippen LogP contribution in [0.2, 0.25) is 0 Å². The van der Waals surface area contributed by atoms with Crippen LogP contribution in [-0.4, -0.2) is 49.8 Å². The van der Waals surface area contributed by atoms with Crippen molar-refractivity contribution in [2.45, 2.75) is 25.9 Å². The van der Waals surface area contributed by atoms with E-state index in [2.05, 4.69) is 46.4 Å². The van der Waals surface area contributed by atoms with Crippen molar-refractivity contribution in [3.63, 3.8) is 0 Å². The smallest absolute Gasteiger partial charge is 0.323 e. The SMILES string of the molecule is CCc1ccc(C2CNCCN2CCn2cnc3c2c(=O)n(C)c(=O)n3C)cc1. The Morgan fingerprint density at radius 1 is 1.10 bits per heavy atom. The van der Waals surface area contributed by atoms with Crippen LogP contribution in [0.3, 0.4) is 0 Å². The lowest BCUT2D eigenvalue weighted by Crippen LogP contribution is -2.47. The molecule has 29 heavy (non-hydrogen) atoms. The molecule has 1 aliphatic heterocycles. The van der Waals surface area contributed by atoms with Crippen LogP contribution in [0, 0.1) is 0 Å². The average molecular weight is 396 g/mol. The predicted octanol–water partition coefficient (Wildman–Crippen LogP) is 0.643. The van der Waals surface area contributed by atoms with Gasteiger partial charge in [-0.25, -0.2) is 9.78 Å². The van der Waals surface area contributed by atoms with Crippen LogP contribution in [0.15, 0.2) is 40.2 Å². The van der Waals surface area contributed by atoms with E-state index in [0.717, 1.165) is 37.2 Å². The Kier molecular flexibility index (Phi) is 5.38. The molecular formula is C21H28N6O2. The summed E-state index contributed by atoms with van der Waals surface area (Å²) in [5.74, 6) is 0. The van der Waals surface area contributed by atoms with Gasteiger partial charge in [0.25, 0.3) is 5.56 Å². The van der Waals surface area contributed by atoms with Crippen molar-refractivity contribution in [2.24, 2.45) is 14.1 Å². The fourth-order valence-electron chi connectivity index (χ4n) is 4.12. The summed E-state index contributed by atoms with van der Waals surface area (Å²) in [4.78, 5) is 31.5. The molecule has 0 bridgehead atoms. The van der Waals surface area contributed by atoms with Crippen LogP contribution >= 0.6 is 0 Å². The van der Waals surface area contributed by atoms with Gasteiger partial charge in [-0.15, -0.1) is 0 Å². The zero-order valence-corrected chi connectivity index (χ0v) is 17.3. The molecule has 0 radical (unpaired) electrons. The predicted molar refractivity (Wildman–Crippen MR) is 113 cm³/mol. The highest BCUT2D eigenvalue weighted by Gasteiger charge is 2.24. The molecule has 1 saturated heterocycles. The lowest BCUT2D eigenvalue weighted by Gasteiger charge is -2.36. The Morgan fingerprint density at radius 2 is 1.86 bits per heavy atom. The molecule has 3 aromatic rings. The van der Waals surface area contributed by atoms with E-state index >= 15 is 0 Å². The second-order valence-electron chi connectivity index (χ2n) is 7.67. The molecule has 0 aliphatic carbocycles. The third kappa shape index (κ3) is 3.54. The van der Waals surface area contributed by atoms with Crippen LogP contribution < -0.4 is 16.6 Å². The summed E-state index contributed by atoms with van der Waals surface area (Å²) in [6, 6.07) is 9.16. The largest absolute Gasteiger partial charge is 0.332 e. The van der Waals surface area contributed by atoms with Gasteiger partial charge < -0.3 is 9.88 Å². The number of nitrogens with one attached hydrogen (secondary N) is 1. The second kappa shape index (κ2) is 7.96. The van der Waals surface area contributed by atoms with Crippen LogP contribution in [0.25, 0.3) is 11.2 Å². The molecule has 1 unspecified atom stereocenters. The molecule has 2 aromatic heterocycles. The first-order valence-electron chi connectivity index (χ1n) is 10.2. The minimum Gasteiger partial charge on any atom is -0.323 e. The number of rotatable bonds is 5. The van der Waals surface area contributed by atoms with Crippen LogP contribution in [0.1, 0.15) is 24.1 Å². The van der Waals surface area contributed by atoms with Gasteiger partial charge >= 0.3 is 5.69 Å². The van der Waals surface area contributed by atoms with E-state index in [-0.39, 0.29) is 11.2 Å². The Bertz CT molecular complexity index is 1130. The Labute approximate surface area is 169 Å². The molecule has 1 fully saturated rings. The van der Waals surface area contributed by atoms with Crippen LogP contribution in [-0.2, 0) is 27.1 Å². The van der Waals surface area contributed by atoms with E-state index in [9.17, 15) is 9.59 Å². The first-order valence-corrected chi connectivity index (χ1v) is 10.2. The van der Waals surface area contributed by atoms with Gasteiger partial charge in [-0.05, 0) is 17.5 Å². The summed E-state index contributed by atoms with van der Waals surface area (Å²) in [7, 11) is 3.15. The fraction of sp³-hybridized carbons (Fsp3) is 0.476. The number of nitrogens with zero attached hydrogens (tertiary/aromatic N) is 5. The normalized spacial score (nSPS) is 17.8. The van der Waals surface area contributed by atoms with Gasteiger partial charge in [-0.1, -0.05) is 31.2 Å². The van der Waals surface area contributed by atoms with E-state index in [4.69, 9.17) is 0 Å². The highest BCUT2D eigenvalue weighted by molar-refractivity contribution is 5.69. The Balaban J connectivity index is 1.58. The average Bonchev–Trinajstić information content (AvgIpc) is 3.19. The first-order chi connectivity index (χ1) is 14.0. The zero-order chi connectivity index (χ0) is 20.5. The van der Waals surface area contributed by atoms with Gasteiger partial charge in [0.2, 0.25) is 0 Å². The molecule has 154 valence electrons. The molecule has 0 amide bonds. The molecule has 1 aromatic carbocycles. The minimum atomic E-state index is -0.356. The number of hydrogen-bond donors (Lipinski definition) is 1. The number of fused-ring (bicyclic) bond motifs is 1. The molecule has 1 aliphatic rings. The van der Waals surface area contributed by atoms with Crippen molar-refractivity contribution in [3.8, 4) is 0 Å². The summed E-state index contributed by atoms with van der Waals surface area (Å²) >= 11 is 0. The number of piperazine rings is 1. The number of imidazole rings is 1. The number of hydrogen-bond acceptors (Lipinski definition) is 5. The molecular weight excluding hydrogens is 368 g/mol. The van der Waals surface area contributed by atoms with Crippen molar-refractivity contribution in [1.29, 1.82) is 0 Å². The summed E-state index contributed by atoms with van der Waals surface area (Å²) in [5.41, 5.74) is 2.91. The standard InChI is InChI=1S/C21H28N6O2/c1-4-15-5-7-16(8-6-15)17-13-22-9-10-26(17)11-12-27-14-23-19-18(27)20(28)25(3)21(29)24(19)2/h5-8,14,17,22H,4,9-13H2,1-3H3. The maximum absolute atomic E-state index is 12.6. The van der Waals surface area contributed by atoms with Gasteiger partial charge in [-0.2, -0.15) is 0 Å². The van der Waals surface area contributed by atoms with E-state index in [0.29, 0.717) is 23.8 Å². The van der Waals surface area contributed by atoms with E-state index in [1.807, 2.05) is 4.57 Å². The quantitative estimate of drug-likeness (QED) is 0.685. The van der Waals surface area contributed by atoms with Crippen molar-refractivity contribution in [2.75, 3.05) is 26.2 Å². The van der Waals surface area contributed by atoms with Gasteiger partial charge in [0.1, 0.15) is 0 Å². The van der Waals surface area contributed by atoms with E-state index < -0.39 is 0 Å². The monoisotopic (exact) mass is 396 g/mol. The number of aryl methyl sites for hydroxylation is 2. The maximum atomic E-state index is 12.6. The molecule has 0 spiro atoms. The first kappa shape index (κ1) is 19.6. The zero-order valence-electron chi connectivity index (χ0n) is 17.3. The summed E-state index contributed by atoms with van der Waals surface area (Å²) in [6.45, 7) is 6.42. The Hall–Kier alpha value is -2.71. The fourth-order valence-corrected chi connectivity index (χ4v) is 4.12. The maximum Gasteiger partial charge on any atom is 0.332 e. The van der Waals surface area contributed by atoms with Crippen LogP contribution in [0.4, 0.5) is 0 Å². The molecule has 8 nitrogen and oxygen atoms in total. The van der Waals surface area contributed by atoms with Crippen molar-refractivity contribution in [1.82, 2.24) is 28.9 Å². The summed E-state index contributed by atoms with van der Waals surface area (Å²) in [6.07, 6.45) is 2.71. The molecule has 1 atom stereocenters. The van der Waals surface area contributed by atoms with Crippen molar-refractivity contribution < 1.29 is 0 Å². The highest BCUT2D eigenvalue weighted by atomic mass is 16.2. The molecule has 3 heterocycles. The highest BCUT2D eigenvalue weighted by Crippen LogP contribution is 2.23. The summed E-state index contributed by atoms with van der Waals surface area (Å²) < 4.78 is 4.44. The molecule has 8 heteroatoms. The number of benzene rings is 1. The molecule has 0 saturated carbocycles. The third-order valence-electron chi connectivity index (χ3n) is 5.97. The van der Waals surface area contributed by atoms with Crippen LogP contribution in [0.5, 0.6) is 0 Å². The van der Waals surface area contributed by atoms with Gasteiger partial charge in [0.05, 0.1) is 6.33 Å².